The van der Waals surface area contributed by atoms with Crippen molar-refractivity contribution >= 4 is 54.1 Å². The topological polar surface area (TPSA) is 4.93 Å². The van der Waals surface area contributed by atoms with Gasteiger partial charge in [-0.1, -0.05) is 147 Å². The summed E-state index contributed by atoms with van der Waals surface area (Å²) >= 11 is 0. The third-order valence-electron chi connectivity index (χ3n) is 11.8. The standard InChI is InChI=1S/C51H35N/c1-51(2)45-31-35(25-28-37(45)44-29-33-13-3-4-14-34(33)30-46(44)51)50-42-19-7-5-17-40(42)49(41-18-6-8-20-43(41)50)32-23-26-36(27-24-32)52-47-21-11-9-15-38(47)39-16-10-12-22-48(39)52/h3-31H,1-2H3. The highest BCUT2D eigenvalue weighted by molar-refractivity contribution is 6.21. The lowest BCUT2D eigenvalue weighted by Gasteiger charge is -2.23. The Morgan fingerprint density at radius 3 is 1.38 bits per heavy atom. The SMILES string of the molecule is CC1(C)c2cc(-c3c4ccccc4c(-c4ccc(-n5c6ccccc6c6ccccc65)cc4)c4ccccc34)ccc2-c2cc3ccccc3cc21. The monoisotopic (exact) mass is 661 g/mol. The number of para-hydroxylation sites is 2. The van der Waals surface area contributed by atoms with Gasteiger partial charge in [-0.3, -0.25) is 0 Å². The fraction of sp³-hybridized carbons (Fsp3) is 0.0588. The van der Waals surface area contributed by atoms with Crippen molar-refractivity contribution in [1.29, 1.82) is 0 Å². The lowest BCUT2D eigenvalue weighted by molar-refractivity contribution is 0.661. The van der Waals surface area contributed by atoms with E-state index in [-0.39, 0.29) is 5.41 Å². The van der Waals surface area contributed by atoms with Crippen LogP contribution < -0.4 is 0 Å². The summed E-state index contributed by atoms with van der Waals surface area (Å²) in [6.07, 6.45) is 0. The minimum absolute atomic E-state index is 0.103. The minimum Gasteiger partial charge on any atom is -0.309 e. The summed E-state index contributed by atoms with van der Waals surface area (Å²) in [5, 5.41) is 10.3. The van der Waals surface area contributed by atoms with Crippen molar-refractivity contribution in [3.8, 4) is 39.1 Å². The number of nitrogens with zero attached hydrogens (tertiary/aromatic N) is 1. The Bertz CT molecular complexity index is 2970. The van der Waals surface area contributed by atoms with E-state index in [2.05, 4.69) is 194 Å². The zero-order chi connectivity index (χ0) is 34.6. The number of rotatable bonds is 3. The quantitative estimate of drug-likeness (QED) is 0.166. The van der Waals surface area contributed by atoms with Gasteiger partial charge in [0.2, 0.25) is 0 Å². The number of hydrogen-bond donors (Lipinski definition) is 0. The van der Waals surface area contributed by atoms with Crippen LogP contribution in [0.2, 0.25) is 0 Å². The molecule has 0 unspecified atom stereocenters. The summed E-state index contributed by atoms with van der Waals surface area (Å²) in [5.74, 6) is 0. The molecule has 0 amide bonds. The molecular formula is C51H35N. The van der Waals surface area contributed by atoms with Crippen LogP contribution in [0.15, 0.2) is 176 Å². The van der Waals surface area contributed by atoms with Crippen molar-refractivity contribution in [1.82, 2.24) is 4.57 Å². The maximum atomic E-state index is 2.48. The molecule has 10 aromatic rings. The highest BCUT2D eigenvalue weighted by atomic mass is 15.0. The first-order chi connectivity index (χ1) is 25.6. The minimum atomic E-state index is -0.103. The van der Waals surface area contributed by atoms with Crippen LogP contribution in [0, 0.1) is 0 Å². The second-order valence-corrected chi connectivity index (χ2v) is 14.9. The van der Waals surface area contributed by atoms with Gasteiger partial charge in [0.05, 0.1) is 11.0 Å². The Balaban J connectivity index is 1.10. The lowest BCUT2D eigenvalue weighted by Crippen LogP contribution is -2.15. The smallest absolute Gasteiger partial charge is 0.0541 e. The van der Waals surface area contributed by atoms with Crippen molar-refractivity contribution in [2.45, 2.75) is 19.3 Å². The second-order valence-electron chi connectivity index (χ2n) is 14.9. The van der Waals surface area contributed by atoms with Crippen LogP contribution >= 0.6 is 0 Å². The van der Waals surface area contributed by atoms with Gasteiger partial charge in [-0.2, -0.15) is 0 Å². The first-order valence-corrected chi connectivity index (χ1v) is 18.3. The predicted molar refractivity (Wildman–Crippen MR) is 222 cm³/mol. The maximum Gasteiger partial charge on any atom is 0.0541 e. The summed E-state index contributed by atoms with van der Waals surface area (Å²) in [4.78, 5) is 0. The van der Waals surface area contributed by atoms with Gasteiger partial charge in [0.15, 0.2) is 0 Å². The summed E-state index contributed by atoms with van der Waals surface area (Å²) < 4.78 is 2.39. The third kappa shape index (κ3) is 4.05. The van der Waals surface area contributed by atoms with E-state index in [1.165, 1.54) is 104 Å². The van der Waals surface area contributed by atoms with Crippen LogP contribution in [0.25, 0.3) is 93.2 Å². The van der Waals surface area contributed by atoms with Crippen molar-refractivity contribution in [2.24, 2.45) is 0 Å². The first kappa shape index (κ1) is 29.3. The van der Waals surface area contributed by atoms with Crippen molar-refractivity contribution in [3.05, 3.63) is 187 Å². The van der Waals surface area contributed by atoms with E-state index in [4.69, 9.17) is 0 Å². The Morgan fingerprint density at radius 1 is 0.365 bits per heavy atom. The molecule has 52 heavy (non-hydrogen) atoms. The number of hydrogen-bond acceptors (Lipinski definition) is 0. The van der Waals surface area contributed by atoms with Gasteiger partial charge in [0.1, 0.15) is 0 Å². The predicted octanol–water partition coefficient (Wildman–Crippen LogP) is 13.9. The molecule has 0 saturated heterocycles. The van der Waals surface area contributed by atoms with E-state index in [9.17, 15) is 0 Å². The third-order valence-corrected chi connectivity index (χ3v) is 11.8. The number of aromatic nitrogens is 1. The Morgan fingerprint density at radius 2 is 0.808 bits per heavy atom. The van der Waals surface area contributed by atoms with E-state index in [0.29, 0.717) is 0 Å². The number of fused-ring (bicyclic) bond motifs is 9. The van der Waals surface area contributed by atoms with E-state index in [0.717, 1.165) is 0 Å². The number of benzene rings is 9. The molecule has 11 rings (SSSR count). The molecule has 0 spiro atoms. The molecule has 1 aliphatic carbocycles. The molecule has 1 nitrogen and oxygen atoms in total. The zero-order valence-electron chi connectivity index (χ0n) is 29.2. The normalized spacial score (nSPS) is 13.3. The molecule has 0 aliphatic heterocycles. The molecule has 244 valence electrons. The molecule has 0 radical (unpaired) electrons. The fourth-order valence-electron chi connectivity index (χ4n) is 9.31. The van der Waals surface area contributed by atoms with E-state index < -0.39 is 0 Å². The van der Waals surface area contributed by atoms with E-state index >= 15 is 0 Å². The molecule has 1 heteroatoms. The van der Waals surface area contributed by atoms with Gasteiger partial charge in [-0.25, -0.2) is 0 Å². The second kappa shape index (κ2) is 10.8. The molecular weight excluding hydrogens is 627 g/mol. The van der Waals surface area contributed by atoms with Gasteiger partial charge < -0.3 is 4.57 Å². The molecule has 0 fully saturated rings. The van der Waals surface area contributed by atoms with Crippen molar-refractivity contribution in [2.75, 3.05) is 0 Å². The molecule has 0 atom stereocenters. The van der Waals surface area contributed by atoms with Crippen LogP contribution in [0.3, 0.4) is 0 Å². The largest absolute Gasteiger partial charge is 0.309 e. The highest BCUT2D eigenvalue weighted by Crippen LogP contribution is 2.52. The van der Waals surface area contributed by atoms with Gasteiger partial charge in [0.25, 0.3) is 0 Å². The van der Waals surface area contributed by atoms with Crippen LogP contribution in [-0.2, 0) is 5.41 Å². The zero-order valence-corrected chi connectivity index (χ0v) is 29.2. The van der Waals surface area contributed by atoms with E-state index in [1.54, 1.807) is 0 Å². The van der Waals surface area contributed by atoms with Crippen LogP contribution in [0.4, 0.5) is 0 Å². The molecule has 1 heterocycles. The summed E-state index contributed by atoms with van der Waals surface area (Å²) in [7, 11) is 0. The highest BCUT2D eigenvalue weighted by Gasteiger charge is 2.36. The van der Waals surface area contributed by atoms with Gasteiger partial charge in [-0.15, -0.1) is 0 Å². The maximum absolute atomic E-state index is 2.48. The van der Waals surface area contributed by atoms with Crippen LogP contribution in [0.5, 0.6) is 0 Å². The molecule has 9 aromatic carbocycles. The first-order valence-electron chi connectivity index (χ1n) is 18.3. The summed E-state index contributed by atoms with van der Waals surface area (Å²) in [6.45, 7) is 4.77. The van der Waals surface area contributed by atoms with Gasteiger partial charge in [-0.05, 0) is 119 Å². The Labute approximate surface area is 303 Å². The summed E-state index contributed by atoms with van der Waals surface area (Å²) in [5.41, 5.74) is 14.1. The van der Waals surface area contributed by atoms with Crippen molar-refractivity contribution < 1.29 is 0 Å². The average molecular weight is 662 g/mol. The lowest BCUT2D eigenvalue weighted by atomic mass is 9.80. The average Bonchev–Trinajstić information content (AvgIpc) is 3.64. The molecule has 1 aromatic heterocycles. The Kier molecular flexibility index (Phi) is 6.08. The van der Waals surface area contributed by atoms with Gasteiger partial charge >= 0.3 is 0 Å². The van der Waals surface area contributed by atoms with Crippen LogP contribution in [-0.4, -0.2) is 4.57 Å². The van der Waals surface area contributed by atoms with Gasteiger partial charge in [0, 0.05) is 21.9 Å². The molecule has 0 bridgehead atoms. The fourth-order valence-corrected chi connectivity index (χ4v) is 9.31. The van der Waals surface area contributed by atoms with Crippen LogP contribution in [0.1, 0.15) is 25.0 Å². The van der Waals surface area contributed by atoms with E-state index in [1.807, 2.05) is 0 Å². The molecule has 0 saturated carbocycles. The Hall–Kier alpha value is -6.44. The molecule has 0 N–H and O–H groups in total. The summed E-state index contributed by atoms with van der Waals surface area (Å²) in [6, 6.07) is 65.4. The molecule has 1 aliphatic rings. The van der Waals surface area contributed by atoms with Crippen molar-refractivity contribution in [3.63, 3.8) is 0 Å².